The molecule has 0 saturated heterocycles. The number of nitrogens with one attached hydrogen (secondary N) is 2. The quantitative estimate of drug-likeness (QED) is 0.759. The Bertz CT molecular complexity index is 692. The highest BCUT2D eigenvalue weighted by Gasteiger charge is 2.07. The molecule has 0 unspecified atom stereocenters. The van der Waals surface area contributed by atoms with Gasteiger partial charge in [-0.25, -0.2) is 9.97 Å². The van der Waals surface area contributed by atoms with Gasteiger partial charge < -0.3 is 10.3 Å². The van der Waals surface area contributed by atoms with Gasteiger partial charge in [0, 0.05) is 18.1 Å². The number of aromatic nitrogens is 4. The standard InChI is InChI=1S/C14H11N5O/c20-14(13-8-15-5-6-17-13)19-11-3-1-10(2-4-11)12-7-16-9-18-12/h1-9H,(H,16,18)(H,19,20). The Labute approximate surface area is 114 Å². The van der Waals surface area contributed by atoms with E-state index in [2.05, 4.69) is 25.3 Å². The minimum atomic E-state index is -0.285. The first-order valence-electron chi connectivity index (χ1n) is 5.99. The number of carbonyl (C=O) groups excluding carboxylic acids is 1. The number of benzene rings is 1. The molecule has 0 saturated carbocycles. The van der Waals surface area contributed by atoms with E-state index in [1.54, 1.807) is 12.5 Å². The topological polar surface area (TPSA) is 83.6 Å². The number of aromatic amines is 1. The van der Waals surface area contributed by atoms with Gasteiger partial charge in [0.25, 0.3) is 5.91 Å². The van der Waals surface area contributed by atoms with Gasteiger partial charge in [0.05, 0.1) is 24.4 Å². The molecule has 3 aromatic rings. The number of hydrogen-bond acceptors (Lipinski definition) is 4. The zero-order chi connectivity index (χ0) is 13.8. The van der Waals surface area contributed by atoms with E-state index in [-0.39, 0.29) is 11.6 Å². The van der Waals surface area contributed by atoms with Crippen LogP contribution in [0.5, 0.6) is 0 Å². The van der Waals surface area contributed by atoms with Crippen LogP contribution >= 0.6 is 0 Å². The molecule has 6 heteroatoms. The third-order valence-electron chi connectivity index (χ3n) is 2.75. The Hall–Kier alpha value is -3.02. The van der Waals surface area contributed by atoms with Crippen LogP contribution in [0, 0.1) is 0 Å². The molecule has 2 heterocycles. The lowest BCUT2D eigenvalue weighted by Gasteiger charge is -2.05. The lowest BCUT2D eigenvalue weighted by molar-refractivity contribution is 0.102. The first kappa shape index (κ1) is 12.0. The smallest absolute Gasteiger partial charge is 0.275 e. The Balaban J connectivity index is 1.74. The number of anilines is 1. The molecule has 1 amide bonds. The fourth-order valence-corrected chi connectivity index (χ4v) is 1.76. The average Bonchev–Trinajstić information content (AvgIpc) is 3.03. The van der Waals surface area contributed by atoms with Crippen LogP contribution in [-0.2, 0) is 0 Å². The molecular weight excluding hydrogens is 254 g/mol. The van der Waals surface area contributed by atoms with E-state index in [0.29, 0.717) is 5.69 Å². The third-order valence-corrected chi connectivity index (χ3v) is 2.75. The van der Waals surface area contributed by atoms with E-state index in [1.807, 2.05) is 24.3 Å². The van der Waals surface area contributed by atoms with Crippen molar-refractivity contribution in [3.05, 3.63) is 61.1 Å². The second kappa shape index (κ2) is 5.31. The Morgan fingerprint density at radius 3 is 2.55 bits per heavy atom. The molecule has 1 aromatic carbocycles. The maximum absolute atomic E-state index is 11.9. The van der Waals surface area contributed by atoms with Gasteiger partial charge in [-0.3, -0.25) is 9.78 Å². The molecular formula is C14H11N5O. The van der Waals surface area contributed by atoms with Crippen LogP contribution in [0.4, 0.5) is 5.69 Å². The van der Waals surface area contributed by atoms with Gasteiger partial charge >= 0.3 is 0 Å². The van der Waals surface area contributed by atoms with E-state index in [0.717, 1.165) is 11.3 Å². The zero-order valence-electron chi connectivity index (χ0n) is 10.4. The molecule has 0 spiro atoms. The molecule has 0 aliphatic carbocycles. The molecule has 0 aliphatic rings. The van der Waals surface area contributed by atoms with Gasteiger partial charge in [0.1, 0.15) is 5.69 Å². The molecule has 20 heavy (non-hydrogen) atoms. The molecule has 2 N–H and O–H groups in total. The van der Waals surface area contributed by atoms with Crippen LogP contribution in [0.15, 0.2) is 55.4 Å². The number of hydrogen-bond donors (Lipinski definition) is 2. The number of amides is 1. The average molecular weight is 265 g/mol. The molecule has 98 valence electrons. The van der Waals surface area contributed by atoms with Crippen molar-refractivity contribution >= 4 is 11.6 Å². The lowest BCUT2D eigenvalue weighted by atomic mass is 10.1. The van der Waals surface area contributed by atoms with Gasteiger partial charge in [-0.1, -0.05) is 12.1 Å². The van der Waals surface area contributed by atoms with Gasteiger partial charge in [0.2, 0.25) is 0 Å². The number of nitrogens with zero attached hydrogens (tertiary/aromatic N) is 3. The van der Waals surface area contributed by atoms with Crippen LogP contribution < -0.4 is 5.32 Å². The summed E-state index contributed by atoms with van der Waals surface area (Å²) in [5, 5.41) is 2.76. The van der Waals surface area contributed by atoms with Crippen molar-refractivity contribution in [2.75, 3.05) is 5.32 Å². The summed E-state index contributed by atoms with van der Waals surface area (Å²) in [5.74, 6) is -0.285. The Kier molecular flexibility index (Phi) is 3.20. The van der Waals surface area contributed by atoms with Crippen LogP contribution in [0.3, 0.4) is 0 Å². The van der Waals surface area contributed by atoms with Crippen molar-refractivity contribution in [2.24, 2.45) is 0 Å². The summed E-state index contributed by atoms with van der Waals surface area (Å²) in [4.78, 5) is 26.7. The van der Waals surface area contributed by atoms with Crippen molar-refractivity contribution in [1.29, 1.82) is 0 Å². The highest BCUT2D eigenvalue weighted by atomic mass is 16.1. The van der Waals surface area contributed by atoms with Crippen LogP contribution in [0.25, 0.3) is 11.3 Å². The first-order valence-corrected chi connectivity index (χ1v) is 5.99. The van der Waals surface area contributed by atoms with Crippen LogP contribution in [-0.4, -0.2) is 25.8 Å². The lowest BCUT2D eigenvalue weighted by Crippen LogP contribution is -2.13. The Morgan fingerprint density at radius 2 is 1.90 bits per heavy atom. The minimum absolute atomic E-state index is 0.283. The van der Waals surface area contributed by atoms with E-state index in [4.69, 9.17) is 0 Å². The van der Waals surface area contributed by atoms with Crippen molar-refractivity contribution in [1.82, 2.24) is 19.9 Å². The van der Waals surface area contributed by atoms with Crippen LogP contribution in [0.1, 0.15) is 10.5 Å². The predicted molar refractivity (Wildman–Crippen MR) is 74.0 cm³/mol. The second-order valence-corrected chi connectivity index (χ2v) is 4.09. The van der Waals surface area contributed by atoms with Gasteiger partial charge in [0.15, 0.2) is 0 Å². The van der Waals surface area contributed by atoms with Crippen molar-refractivity contribution in [3.8, 4) is 11.3 Å². The number of H-pyrrole nitrogens is 1. The maximum Gasteiger partial charge on any atom is 0.275 e. The highest BCUT2D eigenvalue weighted by molar-refractivity contribution is 6.02. The molecule has 0 radical (unpaired) electrons. The monoisotopic (exact) mass is 265 g/mol. The SMILES string of the molecule is O=C(Nc1ccc(-c2cnc[nH]2)cc1)c1cnccn1. The fraction of sp³-hybridized carbons (Fsp3) is 0. The van der Waals surface area contributed by atoms with Crippen molar-refractivity contribution in [3.63, 3.8) is 0 Å². The second-order valence-electron chi connectivity index (χ2n) is 4.09. The molecule has 3 rings (SSSR count). The molecule has 0 bridgehead atoms. The zero-order valence-corrected chi connectivity index (χ0v) is 10.4. The number of carbonyl (C=O) groups is 1. The fourth-order valence-electron chi connectivity index (χ4n) is 1.76. The summed E-state index contributed by atoms with van der Waals surface area (Å²) >= 11 is 0. The first-order chi connectivity index (χ1) is 9.83. The van der Waals surface area contributed by atoms with Crippen molar-refractivity contribution in [2.45, 2.75) is 0 Å². The normalized spacial score (nSPS) is 10.2. The number of imidazole rings is 1. The van der Waals surface area contributed by atoms with Gasteiger partial charge in [-0.2, -0.15) is 0 Å². The van der Waals surface area contributed by atoms with E-state index >= 15 is 0 Å². The summed E-state index contributed by atoms with van der Waals surface area (Å²) < 4.78 is 0. The predicted octanol–water partition coefficient (Wildman–Crippen LogP) is 2.12. The molecule has 0 fully saturated rings. The summed E-state index contributed by atoms with van der Waals surface area (Å²) in [6.45, 7) is 0. The summed E-state index contributed by atoms with van der Waals surface area (Å²) in [6.07, 6.45) is 7.80. The molecule has 6 nitrogen and oxygen atoms in total. The van der Waals surface area contributed by atoms with E-state index in [9.17, 15) is 4.79 Å². The minimum Gasteiger partial charge on any atom is -0.345 e. The van der Waals surface area contributed by atoms with E-state index in [1.165, 1.54) is 18.6 Å². The Morgan fingerprint density at radius 1 is 1.05 bits per heavy atom. The van der Waals surface area contributed by atoms with Gasteiger partial charge in [-0.05, 0) is 17.7 Å². The van der Waals surface area contributed by atoms with E-state index < -0.39 is 0 Å². The van der Waals surface area contributed by atoms with Crippen LogP contribution in [0.2, 0.25) is 0 Å². The highest BCUT2D eigenvalue weighted by Crippen LogP contribution is 2.18. The molecule has 0 atom stereocenters. The van der Waals surface area contributed by atoms with Gasteiger partial charge in [-0.15, -0.1) is 0 Å². The summed E-state index contributed by atoms with van der Waals surface area (Å²) in [7, 11) is 0. The third kappa shape index (κ3) is 2.54. The number of rotatable bonds is 3. The maximum atomic E-state index is 11.9. The summed E-state index contributed by atoms with van der Waals surface area (Å²) in [5.41, 5.74) is 2.91. The molecule has 0 aliphatic heterocycles. The molecule has 2 aromatic heterocycles. The largest absolute Gasteiger partial charge is 0.345 e. The summed E-state index contributed by atoms with van der Waals surface area (Å²) in [6, 6.07) is 7.45. The van der Waals surface area contributed by atoms with Crippen molar-refractivity contribution < 1.29 is 4.79 Å².